The van der Waals surface area contributed by atoms with Gasteiger partial charge in [-0.3, -0.25) is 4.79 Å². The van der Waals surface area contributed by atoms with Crippen molar-refractivity contribution in [3.05, 3.63) is 60.8 Å². The summed E-state index contributed by atoms with van der Waals surface area (Å²) in [7, 11) is 0. The minimum Gasteiger partial charge on any atom is -0.397 e. The first kappa shape index (κ1) is 20.5. The maximum atomic E-state index is 12.7. The van der Waals surface area contributed by atoms with Gasteiger partial charge in [-0.15, -0.1) is 21.5 Å². The number of aromatic nitrogens is 4. The van der Waals surface area contributed by atoms with Gasteiger partial charge in [0.2, 0.25) is 5.91 Å². The van der Waals surface area contributed by atoms with Crippen LogP contribution in [0.3, 0.4) is 0 Å². The second-order valence-electron chi connectivity index (χ2n) is 7.11. The Labute approximate surface area is 192 Å². The highest BCUT2D eigenvalue weighted by molar-refractivity contribution is 7.99. The molecule has 1 amide bonds. The maximum Gasteiger partial charge on any atom is 0.234 e. The molecule has 5 aromatic rings. The number of carbonyl (C=O) groups excluding carboxylic acids is 1. The summed E-state index contributed by atoms with van der Waals surface area (Å²) in [4.78, 5) is 18.8. The summed E-state index contributed by atoms with van der Waals surface area (Å²) in [6, 6.07) is 17.7. The lowest BCUT2D eigenvalue weighted by Gasteiger charge is -2.09. The van der Waals surface area contributed by atoms with E-state index in [1.54, 1.807) is 6.20 Å². The van der Waals surface area contributed by atoms with Crippen molar-refractivity contribution < 1.29 is 4.79 Å². The van der Waals surface area contributed by atoms with Gasteiger partial charge < -0.3 is 15.6 Å². The highest BCUT2D eigenvalue weighted by atomic mass is 32.2. The van der Waals surface area contributed by atoms with Crippen molar-refractivity contribution in [3.8, 4) is 10.7 Å². The smallest absolute Gasteiger partial charge is 0.234 e. The molecule has 0 aliphatic carbocycles. The lowest BCUT2D eigenvalue weighted by molar-refractivity contribution is -0.113. The number of carbonyl (C=O) groups is 1. The molecule has 3 N–H and O–H groups in total. The van der Waals surface area contributed by atoms with Crippen molar-refractivity contribution in [2.24, 2.45) is 0 Å². The zero-order valence-electron chi connectivity index (χ0n) is 17.3. The van der Waals surface area contributed by atoms with Crippen LogP contribution in [0, 0.1) is 0 Å². The van der Waals surface area contributed by atoms with Crippen LogP contribution in [0.4, 0.5) is 11.4 Å². The van der Waals surface area contributed by atoms with E-state index in [0.717, 1.165) is 31.6 Å². The Balaban J connectivity index is 1.35. The number of nitrogens with two attached hydrogens (primary N) is 1. The van der Waals surface area contributed by atoms with E-state index in [2.05, 4.69) is 20.5 Å². The van der Waals surface area contributed by atoms with Gasteiger partial charge in [-0.2, -0.15) is 0 Å². The molecule has 0 aliphatic rings. The van der Waals surface area contributed by atoms with Crippen molar-refractivity contribution in [2.75, 3.05) is 16.8 Å². The summed E-state index contributed by atoms with van der Waals surface area (Å²) in [5.74, 6) is 0.833. The molecule has 0 unspecified atom stereocenters. The van der Waals surface area contributed by atoms with Gasteiger partial charge >= 0.3 is 0 Å². The third-order valence-corrected chi connectivity index (χ3v) is 7.23. The van der Waals surface area contributed by atoms with Gasteiger partial charge in [0.1, 0.15) is 4.83 Å². The van der Waals surface area contributed by atoms with Gasteiger partial charge in [0, 0.05) is 29.2 Å². The van der Waals surface area contributed by atoms with Gasteiger partial charge in [-0.25, -0.2) is 4.98 Å². The average molecular weight is 461 g/mol. The Hall–Kier alpha value is -3.43. The molecule has 0 bridgehead atoms. The number of nitrogens with one attached hydrogen (secondary N) is 1. The van der Waals surface area contributed by atoms with Crippen LogP contribution in [-0.2, 0) is 11.3 Å². The Morgan fingerprint density at radius 1 is 1.09 bits per heavy atom. The number of rotatable bonds is 6. The molecule has 2 aromatic carbocycles. The van der Waals surface area contributed by atoms with Crippen molar-refractivity contribution in [2.45, 2.75) is 18.6 Å². The number of hydrogen-bond donors (Lipinski definition) is 2. The molecular weight excluding hydrogens is 440 g/mol. The van der Waals surface area contributed by atoms with E-state index < -0.39 is 0 Å². The zero-order valence-corrected chi connectivity index (χ0v) is 18.9. The number of benzene rings is 2. The minimum absolute atomic E-state index is 0.0934. The molecule has 0 fully saturated rings. The number of amides is 1. The average Bonchev–Trinajstić information content (AvgIpc) is 3.38. The number of pyridine rings is 1. The fourth-order valence-corrected chi connectivity index (χ4v) is 5.48. The van der Waals surface area contributed by atoms with Crippen molar-refractivity contribution in [1.82, 2.24) is 19.7 Å². The second kappa shape index (κ2) is 8.60. The molecule has 160 valence electrons. The lowest BCUT2D eigenvalue weighted by atomic mass is 10.1. The van der Waals surface area contributed by atoms with Crippen LogP contribution in [0.5, 0.6) is 0 Å². The highest BCUT2D eigenvalue weighted by Gasteiger charge is 2.20. The second-order valence-corrected chi connectivity index (χ2v) is 9.06. The van der Waals surface area contributed by atoms with E-state index in [-0.39, 0.29) is 11.7 Å². The Morgan fingerprint density at radius 2 is 1.91 bits per heavy atom. The first-order valence-electron chi connectivity index (χ1n) is 10.1. The van der Waals surface area contributed by atoms with Gasteiger partial charge in [-0.05, 0) is 30.5 Å². The van der Waals surface area contributed by atoms with Crippen LogP contribution in [0.2, 0.25) is 0 Å². The molecule has 5 rings (SSSR count). The fraction of sp³-hybridized carbons (Fsp3) is 0.130. The summed E-state index contributed by atoms with van der Waals surface area (Å²) in [6.07, 6.45) is 1.75. The molecule has 32 heavy (non-hydrogen) atoms. The first-order valence-corrected chi connectivity index (χ1v) is 11.9. The maximum absolute atomic E-state index is 12.7. The number of thioether (sulfide) groups is 1. The van der Waals surface area contributed by atoms with Crippen LogP contribution in [0.1, 0.15) is 6.92 Å². The normalized spacial score (nSPS) is 11.3. The quantitative estimate of drug-likeness (QED) is 0.344. The summed E-state index contributed by atoms with van der Waals surface area (Å²) in [5, 5.41) is 15.4. The molecule has 3 heterocycles. The summed E-state index contributed by atoms with van der Waals surface area (Å²) >= 11 is 2.86. The number of hydrogen-bond acceptors (Lipinski definition) is 7. The molecule has 3 aromatic heterocycles. The number of fused-ring (bicyclic) bond motifs is 2. The van der Waals surface area contributed by atoms with Crippen molar-refractivity contribution in [3.63, 3.8) is 0 Å². The Morgan fingerprint density at radius 3 is 2.75 bits per heavy atom. The third-order valence-electron chi connectivity index (χ3n) is 5.14. The molecule has 0 saturated carbocycles. The van der Waals surface area contributed by atoms with Crippen molar-refractivity contribution in [1.29, 1.82) is 0 Å². The molecule has 0 radical (unpaired) electrons. The SMILES string of the molecule is CCn1c(SCC(=O)Nc2cccc3ccccc23)nnc1-c1sc2ncccc2c1N. The lowest BCUT2D eigenvalue weighted by Crippen LogP contribution is -2.15. The van der Waals surface area contributed by atoms with Crippen LogP contribution in [-0.4, -0.2) is 31.4 Å². The minimum atomic E-state index is -0.0934. The van der Waals surface area contributed by atoms with Crippen LogP contribution in [0.25, 0.3) is 31.7 Å². The van der Waals surface area contributed by atoms with E-state index in [4.69, 9.17) is 5.73 Å². The third kappa shape index (κ3) is 3.69. The molecule has 9 heteroatoms. The van der Waals surface area contributed by atoms with E-state index in [9.17, 15) is 4.79 Å². The van der Waals surface area contributed by atoms with E-state index in [1.807, 2.05) is 66.1 Å². The standard InChI is InChI=1S/C23H20N6OS2/c1-2-29-21(20-19(24)16-10-6-12-25-22(16)32-20)27-28-23(29)31-13-18(30)26-17-11-5-8-14-7-3-4-9-15(14)17/h3-12H,2,13,24H2,1H3,(H,26,30). The van der Waals surface area contributed by atoms with E-state index >= 15 is 0 Å². The van der Waals surface area contributed by atoms with Gasteiger partial charge in [0.25, 0.3) is 0 Å². The van der Waals surface area contributed by atoms with E-state index in [1.165, 1.54) is 23.1 Å². The molecule has 0 saturated heterocycles. The van der Waals surface area contributed by atoms with Gasteiger partial charge in [-0.1, -0.05) is 48.2 Å². The predicted octanol–water partition coefficient (Wildman–Crippen LogP) is 5.04. The zero-order chi connectivity index (χ0) is 22.1. The van der Waals surface area contributed by atoms with Crippen LogP contribution in [0.15, 0.2) is 66.0 Å². The van der Waals surface area contributed by atoms with Gasteiger partial charge in [0.05, 0.1) is 16.3 Å². The summed E-state index contributed by atoms with van der Waals surface area (Å²) in [5.41, 5.74) is 7.84. The van der Waals surface area contributed by atoms with Crippen LogP contribution < -0.4 is 11.1 Å². The molecule has 7 nitrogen and oxygen atoms in total. The highest BCUT2D eigenvalue weighted by Crippen LogP contribution is 2.39. The first-order chi connectivity index (χ1) is 15.7. The predicted molar refractivity (Wildman–Crippen MR) is 132 cm³/mol. The van der Waals surface area contributed by atoms with Crippen molar-refractivity contribution >= 4 is 61.4 Å². The largest absolute Gasteiger partial charge is 0.397 e. The summed E-state index contributed by atoms with van der Waals surface area (Å²) in [6.45, 7) is 2.69. The van der Waals surface area contributed by atoms with Crippen LogP contribution >= 0.6 is 23.1 Å². The monoisotopic (exact) mass is 460 g/mol. The number of anilines is 2. The number of thiophene rings is 1. The van der Waals surface area contributed by atoms with Gasteiger partial charge in [0.15, 0.2) is 11.0 Å². The summed E-state index contributed by atoms with van der Waals surface area (Å²) < 4.78 is 1.98. The molecular formula is C23H20N6OS2. The molecule has 0 atom stereocenters. The Bertz CT molecular complexity index is 1440. The fourth-order valence-electron chi connectivity index (χ4n) is 3.62. The topological polar surface area (TPSA) is 98.7 Å². The van der Waals surface area contributed by atoms with E-state index in [0.29, 0.717) is 23.2 Å². The number of nitrogens with zero attached hydrogens (tertiary/aromatic N) is 4. The number of nitrogen functional groups attached to an aromatic ring is 1. The molecule has 0 aliphatic heterocycles. The molecule has 0 spiro atoms. The Kier molecular flexibility index (Phi) is 5.50.